The van der Waals surface area contributed by atoms with Gasteiger partial charge in [-0.3, -0.25) is 9.59 Å². The van der Waals surface area contributed by atoms with E-state index < -0.39 is 17.2 Å². The van der Waals surface area contributed by atoms with Gasteiger partial charge in [-0.2, -0.15) is 0 Å². The second-order valence-electron chi connectivity index (χ2n) is 5.60. The third-order valence-electron chi connectivity index (χ3n) is 3.63. The number of nitrogens with zero attached hydrogens (tertiary/aromatic N) is 1. The number of carbonyl (C=O) groups excluding carboxylic acids is 1. The quantitative estimate of drug-likeness (QED) is 0.719. The lowest BCUT2D eigenvalue weighted by molar-refractivity contribution is 0.102. The first-order valence-electron chi connectivity index (χ1n) is 7.54. The number of nitrogens with one attached hydrogen (secondary N) is 2. The standard InChI is InChI=1S/C18H13Cl2N3O3/c1-10-2-4-14(5-3-10)23-17(25)15(9-21-18(23)26)16(24)22-13-7-11(19)6-12(20)8-13/h2-9H,1H3,(H,21,26)(H,22,24). The number of amides is 1. The van der Waals surface area contributed by atoms with E-state index >= 15 is 0 Å². The Morgan fingerprint density at radius 1 is 1.04 bits per heavy atom. The highest BCUT2D eigenvalue weighted by molar-refractivity contribution is 6.35. The summed E-state index contributed by atoms with van der Waals surface area (Å²) in [5.41, 5.74) is 0.0814. The Balaban J connectivity index is 2.02. The van der Waals surface area contributed by atoms with Gasteiger partial charge in [-0.15, -0.1) is 0 Å². The van der Waals surface area contributed by atoms with Crippen molar-refractivity contribution in [1.82, 2.24) is 9.55 Å². The van der Waals surface area contributed by atoms with E-state index in [2.05, 4.69) is 10.3 Å². The molecule has 1 aromatic heterocycles. The summed E-state index contributed by atoms with van der Waals surface area (Å²) in [5.74, 6) is -0.689. The van der Waals surface area contributed by atoms with Gasteiger partial charge in [0.1, 0.15) is 5.56 Å². The van der Waals surface area contributed by atoms with Crippen LogP contribution in [0.4, 0.5) is 5.69 Å². The smallest absolute Gasteiger partial charge is 0.322 e. The summed E-state index contributed by atoms with van der Waals surface area (Å²) in [6.07, 6.45) is 1.08. The monoisotopic (exact) mass is 389 g/mol. The van der Waals surface area contributed by atoms with Gasteiger partial charge in [0.15, 0.2) is 0 Å². The molecule has 0 saturated carbocycles. The van der Waals surface area contributed by atoms with Crippen LogP contribution in [0.2, 0.25) is 10.0 Å². The van der Waals surface area contributed by atoms with Gasteiger partial charge >= 0.3 is 5.69 Å². The molecule has 0 aliphatic carbocycles. The third-order valence-corrected chi connectivity index (χ3v) is 4.07. The summed E-state index contributed by atoms with van der Waals surface area (Å²) < 4.78 is 0.902. The minimum absolute atomic E-state index is 0.221. The lowest BCUT2D eigenvalue weighted by Gasteiger charge is -2.09. The first-order valence-corrected chi connectivity index (χ1v) is 8.30. The molecule has 0 radical (unpaired) electrons. The first kappa shape index (κ1) is 18.0. The number of aromatic nitrogens is 2. The van der Waals surface area contributed by atoms with Crippen LogP contribution < -0.4 is 16.6 Å². The van der Waals surface area contributed by atoms with Gasteiger partial charge in [0, 0.05) is 21.9 Å². The van der Waals surface area contributed by atoms with Gasteiger partial charge in [-0.25, -0.2) is 9.36 Å². The summed E-state index contributed by atoms with van der Waals surface area (Å²) >= 11 is 11.8. The molecule has 132 valence electrons. The van der Waals surface area contributed by atoms with E-state index in [0.717, 1.165) is 16.3 Å². The molecule has 2 N–H and O–H groups in total. The van der Waals surface area contributed by atoms with Crippen LogP contribution in [-0.2, 0) is 0 Å². The molecule has 1 heterocycles. The maximum atomic E-state index is 12.7. The van der Waals surface area contributed by atoms with Crippen LogP contribution in [0.25, 0.3) is 5.69 Å². The number of rotatable bonds is 3. The largest absolute Gasteiger partial charge is 0.333 e. The molecule has 0 saturated heterocycles. The highest BCUT2D eigenvalue weighted by Gasteiger charge is 2.16. The molecule has 0 fully saturated rings. The number of benzene rings is 2. The van der Waals surface area contributed by atoms with Gasteiger partial charge < -0.3 is 10.3 Å². The number of H-pyrrole nitrogens is 1. The van der Waals surface area contributed by atoms with Crippen LogP contribution in [0.5, 0.6) is 0 Å². The fraction of sp³-hybridized carbons (Fsp3) is 0.0556. The normalized spacial score (nSPS) is 10.6. The molecule has 2 aromatic carbocycles. The number of halogens is 2. The Kier molecular flexibility index (Phi) is 4.97. The summed E-state index contributed by atoms with van der Waals surface area (Å²) in [6, 6.07) is 11.3. The summed E-state index contributed by atoms with van der Waals surface area (Å²) in [6.45, 7) is 1.89. The SMILES string of the molecule is Cc1ccc(-n2c(=O)[nH]cc(C(=O)Nc3cc(Cl)cc(Cl)c3)c2=O)cc1. The fourth-order valence-electron chi connectivity index (χ4n) is 2.39. The number of hydrogen-bond acceptors (Lipinski definition) is 3. The van der Waals surface area contributed by atoms with E-state index in [0.29, 0.717) is 21.4 Å². The van der Waals surface area contributed by atoms with Crippen molar-refractivity contribution in [3.05, 3.63) is 90.7 Å². The molecule has 0 spiro atoms. The van der Waals surface area contributed by atoms with E-state index in [1.807, 2.05) is 6.92 Å². The fourth-order valence-corrected chi connectivity index (χ4v) is 2.91. The Bertz CT molecular complexity index is 1080. The number of aromatic amines is 1. The zero-order valence-corrected chi connectivity index (χ0v) is 15.1. The van der Waals surface area contributed by atoms with Crippen LogP contribution in [0.3, 0.4) is 0 Å². The molecule has 0 bridgehead atoms. The van der Waals surface area contributed by atoms with Crippen molar-refractivity contribution in [3.8, 4) is 5.69 Å². The summed E-state index contributed by atoms with van der Waals surface area (Å²) in [5, 5.41) is 3.22. The number of hydrogen-bond donors (Lipinski definition) is 2. The van der Waals surface area contributed by atoms with E-state index in [4.69, 9.17) is 23.2 Å². The maximum absolute atomic E-state index is 12.7. The van der Waals surface area contributed by atoms with Crippen LogP contribution >= 0.6 is 23.2 Å². The minimum Gasteiger partial charge on any atom is -0.322 e. The highest BCUT2D eigenvalue weighted by Crippen LogP contribution is 2.22. The number of aryl methyl sites for hydroxylation is 1. The van der Waals surface area contributed by atoms with Gasteiger partial charge in [-0.1, -0.05) is 40.9 Å². The zero-order valence-electron chi connectivity index (χ0n) is 13.5. The van der Waals surface area contributed by atoms with Crippen molar-refractivity contribution in [2.75, 3.05) is 5.32 Å². The molecule has 3 aromatic rings. The van der Waals surface area contributed by atoms with Crippen molar-refractivity contribution in [2.24, 2.45) is 0 Å². The molecule has 0 aliphatic rings. The van der Waals surface area contributed by atoms with Crippen LogP contribution in [-0.4, -0.2) is 15.5 Å². The average molecular weight is 390 g/mol. The lowest BCUT2D eigenvalue weighted by Crippen LogP contribution is -2.38. The zero-order chi connectivity index (χ0) is 18.8. The van der Waals surface area contributed by atoms with Crippen molar-refractivity contribution >= 4 is 34.8 Å². The Labute approximate surface area is 158 Å². The second-order valence-corrected chi connectivity index (χ2v) is 6.47. The van der Waals surface area contributed by atoms with E-state index in [1.165, 1.54) is 18.2 Å². The van der Waals surface area contributed by atoms with Gasteiger partial charge in [-0.05, 0) is 37.3 Å². The van der Waals surface area contributed by atoms with E-state index in [1.54, 1.807) is 24.3 Å². The van der Waals surface area contributed by atoms with Gasteiger partial charge in [0.2, 0.25) is 0 Å². The summed E-state index contributed by atoms with van der Waals surface area (Å²) in [4.78, 5) is 39.6. The number of carbonyl (C=O) groups is 1. The van der Waals surface area contributed by atoms with Crippen LogP contribution in [0, 0.1) is 6.92 Å². The predicted octanol–water partition coefficient (Wildman–Crippen LogP) is 3.39. The highest BCUT2D eigenvalue weighted by atomic mass is 35.5. The third kappa shape index (κ3) is 3.71. The predicted molar refractivity (Wildman–Crippen MR) is 102 cm³/mol. The first-order chi connectivity index (χ1) is 12.3. The topological polar surface area (TPSA) is 84.0 Å². The molecule has 0 aliphatic heterocycles. The van der Waals surface area contributed by atoms with Crippen molar-refractivity contribution in [3.63, 3.8) is 0 Å². The molecule has 0 atom stereocenters. The van der Waals surface area contributed by atoms with Crippen LogP contribution in [0.15, 0.2) is 58.3 Å². The van der Waals surface area contributed by atoms with E-state index in [9.17, 15) is 14.4 Å². The van der Waals surface area contributed by atoms with Gasteiger partial charge in [0.05, 0.1) is 5.69 Å². The molecule has 1 amide bonds. The number of anilines is 1. The Morgan fingerprint density at radius 2 is 1.65 bits per heavy atom. The average Bonchev–Trinajstić information content (AvgIpc) is 2.55. The molecule has 3 rings (SSSR count). The van der Waals surface area contributed by atoms with Crippen molar-refractivity contribution < 1.29 is 4.79 Å². The van der Waals surface area contributed by atoms with Gasteiger partial charge in [0.25, 0.3) is 11.5 Å². The maximum Gasteiger partial charge on any atom is 0.333 e. The van der Waals surface area contributed by atoms with Crippen molar-refractivity contribution in [2.45, 2.75) is 6.92 Å². The molecule has 0 unspecified atom stereocenters. The Hall–Kier alpha value is -2.83. The van der Waals surface area contributed by atoms with Crippen LogP contribution in [0.1, 0.15) is 15.9 Å². The van der Waals surface area contributed by atoms with Crippen molar-refractivity contribution in [1.29, 1.82) is 0 Å². The molecule has 26 heavy (non-hydrogen) atoms. The second kappa shape index (κ2) is 7.19. The molecule has 6 nitrogen and oxygen atoms in total. The molecular formula is C18H13Cl2N3O3. The summed E-state index contributed by atoms with van der Waals surface area (Å²) in [7, 11) is 0. The Morgan fingerprint density at radius 3 is 2.27 bits per heavy atom. The minimum atomic E-state index is -0.733. The van der Waals surface area contributed by atoms with E-state index in [-0.39, 0.29) is 5.56 Å². The molecular weight excluding hydrogens is 377 g/mol. The lowest BCUT2D eigenvalue weighted by atomic mass is 10.2. The molecule has 8 heteroatoms.